The molecule has 0 amide bonds. The molecule has 0 heterocycles. The third-order valence-corrected chi connectivity index (χ3v) is 3.13. The molecular weight excluding hydrogens is 241 g/mol. The van der Waals surface area contributed by atoms with E-state index < -0.39 is 20.2 Å². The van der Waals surface area contributed by atoms with E-state index in [2.05, 4.69) is 0 Å². The highest BCUT2D eigenvalue weighted by atomic mass is 35.5. The topological polar surface area (TPSA) is 34.1 Å². The molecule has 2 nitrogen and oxygen atoms in total. The number of alkyl halides is 3. The van der Waals surface area contributed by atoms with Crippen LogP contribution in [0.1, 0.15) is 0 Å². The number of hydrogen-bond acceptors (Lipinski definition) is 2. The van der Waals surface area contributed by atoms with E-state index in [9.17, 15) is 21.6 Å². The largest absolute Gasteiger partial charge is 0.501 e. The molecule has 0 aromatic heterocycles. The highest BCUT2D eigenvalue weighted by Crippen LogP contribution is 2.30. The van der Waals surface area contributed by atoms with Crippen LogP contribution < -0.4 is 0 Å². The smallest absolute Gasteiger partial charge is 0.214 e. The van der Waals surface area contributed by atoms with E-state index in [4.69, 9.17) is 11.6 Å². The summed E-state index contributed by atoms with van der Waals surface area (Å²) in [5, 5.41) is -0.0599. The van der Waals surface area contributed by atoms with E-state index in [0.29, 0.717) is 0 Å². The van der Waals surface area contributed by atoms with Crippen LogP contribution in [0, 0.1) is 0 Å². The van der Waals surface area contributed by atoms with Crippen LogP contribution in [0.25, 0.3) is 0 Å². The molecular formula is C7H4ClF3O2S. The maximum atomic E-state index is 12.0. The number of rotatable bonds is 1. The maximum absolute atomic E-state index is 12.0. The summed E-state index contributed by atoms with van der Waals surface area (Å²) in [6.07, 6.45) is 0. The minimum absolute atomic E-state index is 0.0599. The van der Waals surface area contributed by atoms with Gasteiger partial charge >= 0.3 is 5.51 Å². The number of sulfone groups is 1. The van der Waals surface area contributed by atoms with Crippen molar-refractivity contribution in [3.8, 4) is 0 Å². The van der Waals surface area contributed by atoms with E-state index in [0.717, 1.165) is 18.2 Å². The first-order valence-electron chi connectivity index (χ1n) is 3.32. The van der Waals surface area contributed by atoms with Crippen LogP contribution in [0.15, 0.2) is 29.2 Å². The minimum Gasteiger partial charge on any atom is -0.214 e. The quantitative estimate of drug-likeness (QED) is 0.761. The van der Waals surface area contributed by atoms with Crippen LogP contribution >= 0.6 is 11.6 Å². The van der Waals surface area contributed by atoms with Crippen molar-refractivity contribution in [1.29, 1.82) is 0 Å². The van der Waals surface area contributed by atoms with Crippen molar-refractivity contribution in [2.75, 3.05) is 0 Å². The van der Waals surface area contributed by atoms with Gasteiger partial charge in [0, 0.05) is 5.02 Å². The molecule has 0 aliphatic rings. The molecule has 1 rings (SSSR count). The Morgan fingerprint density at radius 1 is 1.21 bits per heavy atom. The SMILES string of the molecule is O=S(=O)(c1cccc(Cl)c1)C(F)(F)F. The summed E-state index contributed by atoms with van der Waals surface area (Å²) in [4.78, 5) is -0.850. The van der Waals surface area contributed by atoms with Gasteiger partial charge < -0.3 is 0 Å². The summed E-state index contributed by atoms with van der Waals surface area (Å²) in [5.41, 5.74) is -5.29. The molecule has 0 aliphatic heterocycles. The van der Waals surface area contributed by atoms with Gasteiger partial charge in [-0.05, 0) is 18.2 Å². The van der Waals surface area contributed by atoms with Gasteiger partial charge in [0.05, 0.1) is 4.90 Å². The lowest BCUT2D eigenvalue weighted by molar-refractivity contribution is -0.0435. The molecule has 0 N–H and O–H groups in total. The van der Waals surface area contributed by atoms with Gasteiger partial charge in [0.25, 0.3) is 9.84 Å². The molecule has 0 saturated heterocycles. The van der Waals surface area contributed by atoms with Gasteiger partial charge in [-0.2, -0.15) is 13.2 Å². The van der Waals surface area contributed by atoms with Gasteiger partial charge in [-0.15, -0.1) is 0 Å². The van der Waals surface area contributed by atoms with Gasteiger partial charge in [-0.1, -0.05) is 17.7 Å². The van der Waals surface area contributed by atoms with Gasteiger partial charge in [0.1, 0.15) is 0 Å². The lowest BCUT2D eigenvalue weighted by Gasteiger charge is -2.07. The molecule has 0 spiro atoms. The van der Waals surface area contributed by atoms with Crippen molar-refractivity contribution in [2.45, 2.75) is 10.4 Å². The molecule has 0 aliphatic carbocycles. The van der Waals surface area contributed by atoms with Crippen LogP contribution in [0.3, 0.4) is 0 Å². The zero-order chi connectivity index (χ0) is 11.0. The molecule has 0 radical (unpaired) electrons. The molecule has 1 aromatic rings. The van der Waals surface area contributed by atoms with Crippen LogP contribution in [0.5, 0.6) is 0 Å². The molecule has 78 valence electrons. The lowest BCUT2D eigenvalue weighted by Crippen LogP contribution is -2.23. The molecule has 0 fully saturated rings. The maximum Gasteiger partial charge on any atom is 0.501 e. The first-order chi connectivity index (χ1) is 6.25. The normalized spacial score (nSPS) is 12.9. The van der Waals surface area contributed by atoms with Crippen molar-refractivity contribution in [1.82, 2.24) is 0 Å². The van der Waals surface area contributed by atoms with E-state index >= 15 is 0 Å². The number of hydrogen-bond donors (Lipinski definition) is 0. The van der Waals surface area contributed by atoms with Crippen molar-refractivity contribution < 1.29 is 21.6 Å². The van der Waals surface area contributed by atoms with Gasteiger partial charge in [0.15, 0.2) is 0 Å². The van der Waals surface area contributed by atoms with E-state index in [-0.39, 0.29) is 5.02 Å². The Balaban J connectivity index is 3.32. The van der Waals surface area contributed by atoms with Crippen molar-refractivity contribution in [3.05, 3.63) is 29.3 Å². The summed E-state index contributed by atoms with van der Waals surface area (Å²) in [6, 6.07) is 4.02. The zero-order valence-corrected chi connectivity index (χ0v) is 8.12. The van der Waals surface area contributed by atoms with E-state index in [1.54, 1.807) is 0 Å². The summed E-state index contributed by atoms with van der Waals surface area (Å²) < 4.78 is 57.7. The van der Waals surface area contributed by atoms with Crippen molar-refractivity contribution in [3.63, 3.8) is 0 Å². The van der Waals surface area contributed by atoms with E-state index in [1.165, 1.54) is 6.07 Å². The second-order valence-electron chi connectivity index (χ2n) is 2.41. The van der Waals surface area contributed by atoms with Crippen LogP contribution in [-0.4, -0.2) is 13.9 Å². The van der Waals surface area contributed by atoms with E-state index in [1.807, 2.05) is 0 Å². The van der Waals surface area contributed by atoms with Crippen LogP contribution in [0.2, 0.25) is 5.02 Å². The third-order valence-electron chi connectivity index (χ3n) is 1.41. The predicted octanol–water partition coefficient (Wildman–Crippen LogP) is 2.63. The Kier molecular flexibility index (Phi) is 2.78. The second-order valence-corrected chi connectivity index (χ2v) is 4.78. The highest BCUT2D eigenvalue weighted by Gasteiger charge is 2.46. The fourth-order valence-corrected chi connectivity index (χ4v) is 1.83. The first kappa shape index (κ1) is 11.3. The average Bonchev–Trinajstić information content (AvgIpc) is 2.02. The van der Waals surface area contributed by atoms with Crippen LogP contribution in [0.4, 0.5) is 13.2 Å². The Labute approximate surface area is 83.2 Å². The molecule has 7 heteroatoms. The lowest BCUT2D eigenvalue weighted by atomic mass is 10.4. The predicted molar refractivity (Wildman–Crippen MR) is 44.7 cm³/mol. The Morgan fingerprint density at radius 2 is 1.79 bits per heavy atom. The molecule has 14 heavy (non-hydrogen) atoms. The Morgan fingerprint density at radius 3 is 2.21 bits per heavy atom. The minimum atomic E-state index is -5.29. The Hall–Kier alpha value is -0.750. The molecule has 0 bridgehead atoms. The van der Waals surface area contributed by atoms with Gasteiger partial charge in [-0.25, -0.2) is 8.42 Å². The second kappa shape index (κ2) is 3.43. The van der Waals surface area contributed by atoms with Crippen molar-refractivity contribution in [2.24, 2.45) is 0 Å². The number of benzene rings is 1. The number of halogens is 4. The molecule has 0 saturated carbocycles. The first-order valence-corrected chi connectivity index (χ1v) is 5.18. The zero-order valence-electron chi connectivity index (χ0n) is 6.55. The molecule has 1 aromatic carbocycles. The van der Waals surface area contributed by atoms with Crippen molar-refractivity contribution >= 4 is 21.4 Å². The standard InChI is InChI=1S/C7H4ClF3O2S/c8-5-2-1-3-6(4-5)14(12,13)7(9,10)11/h1-4H. The van der Waals surface area contributed by atoms with Gasteiger partial charge in [0.2, 0.25) is 0 Å². The van der Waals surface area contributed by atoms with Gasteiger partial charge in [-0.3, -0.25) is 0 Å². The average molecular weight is 245 g/mol. The summed E-state index contributed by atoms with van der Waals surface area (Å²) in [7, 11) is -5.28. The monoisotopic (exact) mass is 244 g/mol. The Bertz CT molecular complexity index is 438. The summed E-state index contributed by atoms with van der Waals surface area (Å²) in [5.74, 6) is 0. The fraction of sp³-hybridized carbons (Fsp3) is 0.143. The highest BCUT2D eigenvalue weighted by molar-refractivity contribution is 7.92. The third kappa shape index (κ3) is 2.01. The molecule has 0 unspecified atom stereocenters. The fourth-order valence-electron chi connectivity index (χ4n) is 0.768. The molecule has 0 atom stereocenters. The van der Waals surface area contributed by atoms with Crippen LogP contribution in [-0.2, 0) is 9.84 Å². The summed E-state index contributed by atoms with van der Waals surface area (Å²) >= 11 is 5.37. The summed E-state index contributed by atoms with van der Waals surface area (Å²) in [6.45, 7) is 0.